The first-order valence-corrected chi connectivity index (χ1v) is 6.18. The van der Waals surface area contributed by atoms with Crippen molar-refractivity contribution < 1.29 is 14.3 Å². The van der Waals surface area contributed by atoms with E-state index in [1.165, 1.54) is 0 Å². The molecule has 0 spiro atoms. The van der Waals surface area contributed by atoms with E-state index < -0.39 is 5.97 Å². The Balaban J connectivity index is 3.06. The second-order valence-electron chi connectivity index (χ2n) is 5.74. The fourth-order valence-corrected chi connectivity index (χ4v) is 2.33. The van der Waals surface area contributed by atoms with E-state index in [0.717, 1.165) is 17.1 Å². The van der Waals surface area contributed by atoms with Gasteiger partial charge in [-0.15, -0.1) is 0 Å². The standard InChI is InChI=1S/C14H23NO3/c1-9-7-12(11(3)18-9)10(2)15(8-13(16)17)14(4,5)6/h7,10H,8H2,1-6H3,(H,16,17). The summed E-state index contributed by atoms with van der Waals surface area (Å²) in [6.07, 6.45) is 0. The van der Waals surface area contributed by atoms with E-state index in [2.05, 4.69) is 0 Å². The molecule has 0 aromatic carbocycles. The smallest absolute Gasteiger partial charge is 0.317 e. The van der Waals surface area contributed by atoms with Gasteiger partial charge in [0.15, 0.2) is 0 Å². The van der Waals surface area contributed by atoms with Crippen molar-refractivity contribution in [2.24, 2.45) is 0 Å². The summed E-state index contributed by atoms with van der Waals surface area (Å²) < 4.78 is 5.53. The van der Waals surface area contributed by atoms with Crippen LogP contribution in [0.15, 0.2) is 10.5 Å². The molecule has 0 fully saturated rings. The molecule has 0 amide bonds. The third-order valence-electron chi connectivity index (χ3n) is 3.16. The molecule has 0 saturated heterocycles. The summed E-state index contributed by atoms with van der Waals surface area (Å²) >= 11 is 0. The maximum absolute atomic E-state index is 11.0. The van der Waals surface area contributed by atoms with Crippen LogP contribution >= 0.6 is 0 Å². The summed E-state index contributed by atoms with van der Waals surface area (Å²) in [5.41, 5.74) is 0.846. The summed E-state index contributed by atoms with van der Waals surface area (Å²) in [7, 11) is 0. The number of furan rings is 1. The van der Waals surface area contributed by atoms with Gasteiger partial charge in [0.1, 0.15) is 11.5 Å². The van der Waals surface area contributed by atoms with Gasteiger partial charge in [-0.3, -0.25) is 9.69 Å². The van der Waals surface area contributed by atoms with Crippen molar-refractivity contribution >= 4 is 5.97 Å². The maximum atomic E-state index is 11.0. The molecule has 1 heterocycles. The van der Waals surface area contributed by atoms with Gasteiger partial charge < -0.3 is 9.52 Å². The molecule has 0 radical (unpaired) electrons. The summed E-state index contributed by atoms with van der Waals surface area (Å²) in [6.45, 7) is 11.9. The number of aliphatic carboxylic acids is 1. The minimum atomic E-state index is -0.811. The van der Waals surface area contributed by atoms with Gasteiger partial charge in [0, 0.05) is 17.1 Å². The van der Waals surface area contributed by atoms with Crippen molar-refractivity contribution in [2.75, 3.05) is 6.54 Å². The molecule has 1 unspecified atom stereocenters. The maximum Gasteiger partial charge on any atom is 0.317 e. The fraction of sp³-hybridized carbons (Fsp3) is 0.643. The van der Waals surface area contributed by atoms with Crippen LogP contribution in [-0.4, -0.2) is 28.1 Å². The van der Waals surface area contributed by atoms with E-state index >= 15 is 0 Å². The van der Waals surface area contributed by atoms with E-state index in [1.807, 2.05) is 52.5 Å². The number of rotatable bonds is 4. The topological polar surface area (TPSA) is 53.7 Å². The monoisotopic (exact) mass is 253 g/mol. The van der Waals surface area contributed by atoms with Crippen molar-refractivity contribution in [2.45, 2.75) is 53.1 Å². The van der Waals surface area contributed by atoms with Gasteiger partial charge in [-0.2, -0.15) is 0 Å². The first kappa shape index (κ1) is 14.8. The molecule has 1 aromatic heterocycles. The van der Waals surface area contributed by atoms with Crippen LogP contribution in [0.3, 0.4) is 0 Å². The van der Waals surface area contributed by atoms with Crippen LogP contribution in [0.1, 0.15) is 50.8 Å². The Morgan fingerprint density at radius 3 is 2.33 bits per heavy atom. The van der Waals surface area contributed by atoms with Crippen molar-refractivity contribution in [1.82, 2.24) is 4.90 Å². The quantitative estimate of drug-likeness (QED) is 0.895. The summed E-state index contributed by atoms with van der Waals surface area (Å²) in [4.78, 5) is 13.0. The van der Waals surface area contributed by atoms with Crippen LogP contribution in [0, 0.1) is 13.8 Å². The fourth-order valence-electron chi connectivity index (χ4n) is 2.33. The molecule has 18 heavy (non-hydrogen) atoms. The van der Waals surface area contributed by atoms with Gasteiger partial charge in [-0.1, -0.05) is 0 Å². The Hall–Kier alpha value is -1.29. The summed E-state index contributed by atoms with van der Waals surface area (Å²) in [5.74, 6) is 0.910. The van der Waals surface area contributed by atoms with Crippen molar-refractivity contribution in [3.8, 4) is 0 Å². The lowest BCUT2D eigenvalue weighted by atomic mass is 9.99. The van der Waals surface area contributed by atoms with E-state index in [4.69, 9.17) is 9.52 Å². The second kappa shape index (κ2) is 5.14. The van der Waals surface area contributed by atoms with E-state index in [-0.39, 0.29) is 18.1 Å². The molecule has 1 rings (SSSR count). The number of carboxylic acid groups (broad SMARTS) is 1. The Bertz CT molecular complexity index is 429. The van der Waals surface area contributed by atoms with Crippen LogP contribution in [0.5, 0.6) is 0 Å². The number of hydrogen-bond acceptors (Lipinski definition) is 3. The number of aryl methyl sites for hydroxylation is 2. The molecule has 1 aromatic rings. The van der Waals surface area contributed by atoms with Crippen molar-refractivity contribution in [3.05, 3.63) is 23.2 Å². The van der Waals surface area contributed by atoms with Gasteiger partial charge in [0.25, 0.3) is 0 Å². The largest absolute Gasteiger partial charge is 0.480 e. The van der Waals surface area contributed by atoms with Crippen molar-refractivity contribution in [3.63, 3.8) is 0 Å². The zero-order chi connectivity index (χ0) is 14.1. The highest BCUT2D eigenvalue weighted by Gasteiger charge is 2.30. The number of carboxylic acids is 1. The molecule has 1 N–H and O–H groups in total. The molecule has 102 valence electrons. The van der Waals surface area contributed by atoms with Gasteiger partial charge in [-0.25, -0.2) is 0 Å². The number of carbonyl (C=O) groups is 1. The molecule has 0 aliphatic carbocycles. The van der Waals surface area contributed by atoms with Gasteiger partial charge in [0.2, 0.25) is 0 Å². The zero-order valence-electron chi connectivity index (χ0n) is 12.1. The number of nitrogens with zero attached hydrogens (tertiary/aromatic N) is 1. The van der Waals surface area contributed by atoms with Crippen LogP contribution in [0.2, 0.25) is 0 Å². The van der Waals surface area contributed by atoms with Crippen LogP contribution < -0.4 is 0 Å². The summed E-state index contributed by atoms with van der Waals surface area (Å²) in [5, 5.41) is 9.05. The molecule has 0 aliphatic rings. The van der Waals surface area contributed by atoms with Gasteiger partial charge in [0.05, 0.1) is 6.54 Å². The minimum Gasteiger partial charge on any atom is -0.480 e. The predicted molar refractivity (Wildman–Crippen MR) is 70.7 cm³/mol. The Morgan fingerprint density at radius 2 is 2.00 bits per heavy atom. The third kappa shape index (κ3) is 3.35. The SMILES string of the molecule is Cc1cc(C(C)N(CC(=O)O)C(C)(C)C)c(C)o1. The van der Waals surface area contributed by atoms with Crippen LogP contribution in [0.25, 0.3) is 0 Å². The first-order chi connectivity index (χ1) is 8.12. The van der Waals surface area contributed by atoms with E-state index in [0.29, 0.717) is 0 Å². The molecule has 0 bridgehead atoms. The average Bonchev–Trinajstić information content (AvgIpc) is 2.51. The molecular formula is C14H23NO3. The third-order valence-corrected chi connectivity index (χ3v) is 3.16. The molecular weight excluding hydrogens is 230 g/mol. The van der Waals surface area contributed by atoms with E-state index in [1.54, 1.807) is 0 Å². The molecule has 0 saturated carbocycles. The van der Waals surface area contributed by atoms with Crippen LogP contribution in [-0.2, 0) is 4.79 Å². The van der Waals surface area contributed by atoms with Gasteiger partial charge >= 0.3 is 5.97 Å². The molecule has 4 nitrogen and oxygen atoms in total. The van der Waals surface area contributed by atoms with Crippen LogP contribution in [0.4, 0.5) is 0 Å². The lowest BCUT2D eigenvalue weighted by molar-refractivity contribution is -0.140. The van der Waals surface area contributed by atoms with Crippen molar-refractivity contribution in [1.29, 1.82) is 0 Å². The highest BCUT2D eigenvalue weighted by atomic mass is 16.4. The Kier molecular flexibility index (Phi) is 4.22. The lowest BCUT2D eigenvalue weighted by Crippen LogP contribution is -2.45. The second-order valence-corrected chi connectivity index (χ2v) is 5.74. The Labute approximate surface area is 109 Å². The average molecular weight is 253 g/mol. The number of hydrogen-bond donors (Lipinski definition) is 1. The molecule has 0 aliphatic heterocycles. The zero-order valence-corrected chi connectivity index (χ0v) is 12.1. The highest BCUT2D eigenvalue weighted by Crippen LogP contribution is 2.31. The highest BCUT2D eigenvalue weighted by molar-refractivity contribution is 5.69. The predicted octanol–water partition coefficient (Wildman–Crippen LogP) is 3.14. The first-order valence-electron chi connectivity index (χ1n) is 6.18. The lowest BCUT2D eigenvalue weighted by Gasteiger charge is -2.39. The summed E-state index contributed by atoms with van der Waals surface area (Å²) in [6, 6.07) is 2.00. The normalized spacial score (nSPS) is 13.9. The Morgan fingerprint density at radius 1 is 1.44 bits per heavy atom. The molecule has 1 atom stereocenters. The van der Waals surface area contributed by atoms with Gasteiger partial charge in [-0.05, 0) is 47.6 Å². The molecule has 4 heteroatoms. The minimum absolute atomic E-state index is 0.0125. The van der Waals surface area contributed by atoms with E-state index in [9.17, 15) is 4.79 Å².